The van der Waals surface area contributed by atoms with E-state index in [1.807, 2.05) is 24.8 Å². The van der Waals surface area contributed by atoms with Gasteiger partial charge in [0, 0.05) is 19.5 Å². The van der Waals surface area contributed by atoms with Crippen molar-refractivity contribution in [3.63, 3.8) is 0 Å². The molecule has 0 fully saturated rings. The van der Waals surface area contributed by atoms with Crippen molar-refractivity contribution >= 4 is 28.2 Å². The molecule has 0 aliphatic heterocycles. The van der Waals surface area contributed by atoms with Gasteiger partial charge in [0.25, 0.3) is 10.9 Å². The summed E-state index contributed by atoms with van der Waals surface area (Å²) in [6, 6.07) is 11.3. The number of carboxylic acid groups (broad SMARTS) is 1. The fourth-order valence-electron chi connectivity index (χ4n) is 4.33. The minimum absolute atomic E-state index is 0.0790. The largest absolute Gasteiger partial charge is 0.497 e. The van der Waals surface area contributed by atoms with Gasteiger partial charge in [-0.2, -0.15) is 0 Å². The fourth-order valence-corrected chi connectivity index (χ4v) is 4.33. The molecule has 38 heavy (non-hydrogen) atoms. The molecule has 10 nitrogen and oxygen atoms in total. The van der Waals surface area contributed by atoms with E-state index in [2.05, 4.69) is 15.3 Å². The summed E-state index contributed by atoms with van der Waals surface area (Å²) in [5, 5.41) is 13.3. The monoisotopic (exact) mass is 518 g/mol. The van der Waals surface area contributed by atoms with Crippen LogP contribution in [0.2, 0.25) is 0 Å². The average Bonchev–Trinajstić information content (AvgIpc) is 2.92. The van der Waals surface area contributed by atoms with E-state index in [9.17, 15) is 19.5 Å². The summed E-state index contributed by atoms with van der Waals surface area (Å²) in [6.45, 7) is 5.19. The van der Waals surface area contributed by atoms with Crippen molar-refractivity contribution < 1.29 is 19.4 Å². The number of benzene rings is 2. The summed E-state index contributed by atoms with van der Waals surface area (Å²) < 4.78 is 11.3. The summed E-state index contributed by atoms with van der Waals surface area (Å²) in [7, 11) is 1.58. The van der Waals surface area contributed by atoms with Crippen LogP contribution >= 0.6 is 0 Å². The quantitative estimate of drug-likeness (QED) is 0.252. The van der Waals surface area contributed by atoms with Crippen molar-refractivity contribution in [2.24, 2.45) is 0 Å². The van der Waals surface area contributed by atoms with Crippen LogP contribution in [0.4, 0.5) is 11.4 Å². The van der Waals surface area contributed by atoms with E-state index >= 15 is 0 Å². The van der Waals surface area contributed by atoms with Crippen LogP contribution in [0.3, 0.4) is 0 Å². The molecule has 0 aliphatic carbocycles. The van der Waals surface area contributed by atoms with Crippen LogP contribution in [-0.4, -0.2) is 47.3 Å². The van der Waals surface area contributed by atoms with Gasteiger partial charge in [-0.3, -0.25) is 9.59 Å². The number of carbonyl (C=O) groups is 1. The number of methoxy groups -OCH3 is 1. The Balaban J connectivity index is 1.50. The standard InChI is InChI=1S/C28H30N4O6/c1-4-12-32(13-5-2)24-23(25(33)26(24)34)31-22(28(35)36)14-17-6-8-18(9-7-17)38-27-20-15-19(37-3)10-11-21(20)29-16-30-27/h6-11,15-16,22,31H,4-5,12-14H2,1-3H3,(H,35,36)/t22-/m0/s1. The second kappa shape index (κ2) is 11.7. The summed E-state index contributed by atoms with van der Waals surface area (Å²) >= 11 is 0. The lowest BCUT2D eigenvalue weighted by Gasteiger charge is -2.28. The first-order valence-electron chi connectivity index (χ1n) is 12.5. The lowest BCUT2D eigenvalue weighted by molar-refractivity contribution is -0.137. The topological polar surface area (TPSA) is 131 Å². The number of hydrogen-bond acceptors (Lipinski definition) is 9. The van der Waals surface area contributed by atoms with Crippen LogP contribution in [0.25, 0.3) is 10.9 Å². The Morgan fingerprint density at radius 2 is 1.68 bits per heavy atom. The van der Waals surface area contributed by atoms with Crippen molar-refractivity contribution in [1.82, 2.24) is 9.97 Å². The van der Waals surface area contributed by atoms with Crippen LogP contribution in [0, 0.1) is 0 Å². The summed E-state index contributed by atoms with van der Waals surface area (Å²) in [6.07, 6.45) is 3.11. The van der Waals surface area contributed by atoms with Gasteiger partial charge in [0.2, 0.25) is 5.88 Å². The number of anilines is 2. The van der Waals surface area contributed by atoms with Gasteiger partial charge in [-0.25, -0.2) is 14.8 Å². The number of aromatic nitrogens is 2. The molecular weight excluding hydrogens is 488 g/mol. The van der Waals surface area contributed by atoms with Crippen molar-refractivity contribution in [2.45, 2.75) is 39.2 Å². The number of carboxylic acids is 1. The molecule has 2 N–H and O–H groups in total. The highest BCUT2D eigenvalue weighted by Gasteiger charge is 2.29. The predicted molar refractivity (Wildman–Crippen MR) is 146 cm³/mol. The lowest BCUT2D eigenvalue weighted by Crippen LogP contribution is -2.46. The van der Waals surface area contributed by atoms with Gasteiger partial charge in [0.05, 0.1) is 18.0 Å². The molecule has 0 spiro atoms. The van der Waals surface area contributed by atoms with Crippen molar-refractivity contribution in [3.8, 4) is 17.4 Å². The van der Waals surface area contributed by atoms with Crippen LogP contribution in [0.15, 0.2) is 58.4 Å². The molecule has 3 aromatic carbocycles. The van der Waals surface area contributed by atoms with E-state index in [-0.39, 0.29) is 17.8 Å². The molecule has 0 saturated heterocycles. The fraction of sp³-hybridized carbons (Fsp3) is 0.321. The molecule has 10 heteroatoms. The van der Waals surface area contributed by atoms with Gasteiger partial charge in [0.15, 0.2) is 0 Å². The van der Waals surface area contributed by atoms with Crippen molar-refractivity contribution in [1.29, 1.82) is 0 Å². The zero-order valence-corrected chi connectivity index (χ0v) is 21.6. The Bertz CT molecular complexity index is 1490. The number of ether oxygens (including phenoxy) is 2. The van der Waals surface area contributed by atoms with Gasteiger partial charge >= 0.3 is 5.97 Å². The van der Waals surface area contributed by atoms with Gasteiger partial charge in [0.1, 0.15) is 35.2 Å². The Labute approximate surface area is 219 Å². The van der Waals surface area contributed by atoms with Gasteiger partial charge in [-0.05, 0) is 48.7 Å². The molecule has 0 amide bonds. The Hall–Kier alpha value is -4.47. The average molecular weight is 519 g/mol. The molecule has 0 bridgehead atoms. The van der Waals surface area contributed by atoms with Gasteiger partial charge in [-0.1, -0.05) is 26.0 Å². The Morgan fingerprint density at radius 1 is 1.00 bits per heavy atom. The zero-order valence-electron chi connectivity index (χ0n) is 21.6. The Morgan fingerprint density at radius 3 is 2.32 bits per heavy atom. The van der Waals surface area contributed by atoms with Crippen molar-refractivity contribution in [2.75, 3.05) is 30.4 Å². The molecule has 1 heterocycles. The first kappa shape index (κ1) is 26.6. The number of hydrogen-bond donors (Lipinski definition) is 2. The maximum atomic E-state index is 12.3. The van der Waals surface area contributed by atoms with Crippen molar-refractivity contribution in [3.05, 3.63) is 74.8 Å². The van der Waals surface area contributed by atoms with Crippen LogP contribution in [-0.2, 0) is 11.2 Å². The molecule has 1 aromatic heterocycles. The second-order valence-electron chi connectivity index (χ2n) is 8.92. The third-order valence-corrected chi connectivity index (χ3v) is 6.19. The molecule has 0 unspecified atom stereocenters. The van der Waals surface area contributed by atoms with Gasteiger partial charge < -0.3 is 24.8 Å². The third kappa shape index (κ3) is 5.59. The van der Waals surface area contributed by atoms with E-state index in [4.69, 9.17) is 9.47 Å². The Kier molecular flexibility index (Phi) is 8.20. The van der Waals surface area contributed by atoms with E-state index in [0.29, 0.717) is 46.9 Å². The highest BCUT2D eigenvalue weighted by atomic mass is 16.5. The lowest BCUT2D eigenvalue weighted by atomic mass is 10.0. The summed E-state index contributed by atoms with van der Waals surface area (Å²) in [5.74, 6) is 0.402. The number of rotatable bonds is 13. The van der Waals surface area contributed by atoms with E-state index < -0.39 is 22.9 Å². The van der Waals surface area contributed by atoms with Crippen LogP contribution in [0.1, 0.15) is 32.3 Å². The molecule has 198 valence electrons. The van der Waals surface area contributed by atoms with E-state index in [1.54, 1.807) is 43.5 Å². The minimum Gasteiger partial charge on any atom is -0.497 e. The minimum atomic E-state index is -1.12. The molecule has 0 radical (unpaired) electrons. The van der Waals surface area contributed by atoms with Gasteiger partial charge in [-0.15, -0.1) is 0 Å². The predicted octanol–water partition coefficient (Wildman–Crippen LogP) is 3.76. The van der Waals surface area contributed by atoms with E-state index in [0.717, 1.165) is 12.8 Å². The number of fused-ring (bicyclic) bond motifs is 1. The SMILES string of the molecule is CCCN(CCC)c1c(N[C@@H](Cc2ccc(Oc3ncnc4ccc(OC)cc34)cc2)C(=O)O)c(=O)c1=O. The van der Waals surface area contributed by atoms with Crippen LogP contribution < -0.4 is 30.5 Å². The number of nitrogens with one attached hydrogen (secondary N) is 1. The van der Waals surface area contributed by atoms with Crippen LogP contribution in [0.5, 0.6) is 17.4 Å². The molecule has 1 atom stereocenters. The molecule has 0 saturated carbocycles. The molecular formula is C28H30N4O6. The molecule has 0 aliphatic rings. The second-order valence-corrected chi connectivity index (χ2v) is 8.92. The third-order valence-electron chi connectivity index (χ3n) is 6.19. The molecule has 4 rings (SSSR count). The first-order valence-corrected chi connectivity index (χ1v) is 12.5. The maximum Gasteiger partial charge on any atom is 0.326 e. The smallest absolute Gasteiger partial charge is 0.326 e. The summed E-state index contributed by atoms with van der Waals surface area (Å²) in [4.78, 5) is 47.0. The normalized spacial score (nSPS) is 11.9. The zero-order chi connectivity index (χ0) is 27.2. The first-order chi connectivity index (χ1) is 18.4. The highest BCUT2D eigenvalue weighted by molar-refractivity contribution is 5.85. The maximum absolute atomic E-state index is 12.3. The number of nitrogens with zero attached hydrogens (tertiary/aromatic N) is 3. The van der Waals surface area contributed by atoms with E-state index in [1.165, 1.54) is 6.33 Å². The highest BCUT2D eigenvalue weighted by Crippen LogP contribution is 2.30. The number of aliphatic carboxylic acids is 1. The molecule has 4 aromatic rings. The summed E-state index contributed by atoms with van der Waals surface area (Å²) in [5.41, 5.74) is 0.524.